The number of rotatable bonds is 3. The maximum atomic E-state index is 11.9. The summed E-state index contributed by atoms with van der Waals surface area (Å²) in [6.45, 7) is 1.87. The van der Waals surface area contributed by atoms with Gasteiger partial charge in [0.15, 0.2) is 0 Å². The molecule has 2 amide bonds. The van der Waals surface area contributed by atoms with E-state index in [1.807, 2.05) is 14.0 Å². The molecule has 1 aromatic heterocycles. The van der Waals surface area contributed by atoms with Crippen LogP contribution in [0.2, 0.25) is 0 Å². The molecule has 0 unspecified atom stereocenters. The number of carbonyl (C=O) groups is 1. The number of hydrogen-bond donors (Lipinski definition) is 3. The van der Waals surface area contributed by atoms with Crippen LogP contribution in [0.4, 0.5) is 4.79 Å². The largest absolute Gasteiger partial charge is 0.391 e. The first-order valence-electron chi connectivity index (χ1n) is 7.65. The number of aliphatic hydroxyl groups is 1. The maximum absolute atomic E-state index is 11.9. The Morgan fingerprint density at radius 3 is 2.67 bits per heavy atom. The third-order valence-electron chi connectivity index (χ3n) is 4.31. The van der Waals surface area contributed by atoms with E-state index in [4.69, 9.17) is 0 Å². The molecule has 7 heteroatoms. The molecule has 0 spiro atoms. The van der Waals surface area contributed by atoms with Gasteiger partial charge in [0, 0.05) is 19.0 Å². The second kappa shape index (κ2) is 5.63. The zero-order valence-electron chi connectivity index (χ0n) is 12.5. The third-order valence-corrected chi connectivity index (χ3v) is 4.31. The van der Waals surface area contributed by atoms with Gasteiger partial charge in [0.1, 0.15) is 11.6 Å². The van der Waals surface area contributed by atoms with Gasteiger partial charge in [-0.05, 0) is 39.0 Å². The summed E-state index contributed by atoms with van der Waals surface area (Å²) in [6.07, 6.45) is 3.87. The van der Waals surface area contributed by atoms with E-state index in [1.54, 1.807) is 4.68 Å². The van der Waals surface area contributed by atoms with Crippen LogP contribution >= 0.6 is 0 Å². The van der Waals surface area contributed by atoms with Crippen LogP contribution in [0.15, 0.2) is 0 Å². The molecule has 0 radical (unpaired) electrons. The lowest BCUT2D eigenvalue weighted by atomic mass is 9.83. The standard InChI is InChI=1S/C14H23N5O2/c1-8-15-13(19(2)18-8)9-3-6-12(20)11(7-9)17-14(21)16-10-4-5-10/h9-12,20H,3-7H2,1-2H3,(H2,16,17,21)/t9-,11+,12+/m0/s1. The Hall–Kier alpha value is -1.63. The predicted molar refractivity (Wildman–Crippen MR) is 76.8 cm³/mol. The average molecular weight is 293 g/mol. The van der Waals surface area contributed by atoms with E-state index < -0.39 is 6.10 Å². The molecule has 0 aromatic carbocycles. The van der Waals surface area contributed by atoms with Gasteiger partial charge in [0.25, 0.3) is 0 Å². The fraction of sp³-hybridized carbons (Fsp3) is 0.786. The average Bonchev–Trinajstić information content (AvgIpc) is 3.16. The first kappa shape index (κ1) is 14.3. The van der Waals surface area contributed by atoms with E-state index in [9.17, 15) is 9.90 Å². The minimum atomic E-state index is -0.486. The molecule has 7 nitrogen and oxygen atoms in total. The number of aryl methyl sites for hydroxylation is 2. The molecule has 3 rings (SSSR count). The van der Waals surface area contributed by atoms with Crippen molar-refractivity contribution in [2.24, 2.45) is 7.05 Å². The van der Waals surface area contributed by atoms with Crippen LogP contribution in [0.25, 0.3) is 0 Å². The van der Waals surface area contributed by atoms with Gasteiger partial charge >= 0.3 is 6.03 Å². The van der Waals surface area contributed by atoms with Crippen LogP contribution < -0.4 is 10.6 Å². The van der Waals surface area contributed by atoms with Crippen LogP contribution in [0, 0.1) is 6.92 Å². The lowest BCUT2D eigenvalue weighted by Gasteiger charge is -2.33. The van der Waals surface area contributed by atoms with Crippen LogP contribution in [0.1, 0.15) is 49.7 Å². The molecule has 2 fully saturated rings. The van der Waals surface area contributed by atoms with Gasteiger partial charge in [0.2, 0.25) is 0 Å². The van der Waals surface area contributed by atoms with Crippen molar-refractivity contribution < 1.29 is 9.90 Å². The van der Waals surface area contributed by atoms with E-state index in [1.165, 1.54) is 0 Å². The smallest absolute Gasteiger partial charge is 0.315 e. The highest BCUT2D eigenvalue weighted by Crippen LogP contribution is 2.32. The van der Waals surface area contributed by atoms with Crippen LogP contribution in [0.3, 0.4) is 0 Å². The summed E-state index contributed by atoms with van der Waals surface area (Å²) in [5, 5.41) is 20.2. The van der Waals surface area contributed by atoms with E-state index in [-0.39, 0.29) is 18.0 Å². The number of urea groups is 1. The van der Waals surface area contributed by atoms with E-state index >= 15 is 0 Å². The first-order valence-corrected chi connectivity index (χ1v) is 7.65. The van der Waals surface area contributed by atoms with E-state index in [0.29, 0.717) is 18.9 Å². The number of carbonyl (C=O) groups excluding carboxylic acids is 1. The number of aromatic nitrogens is 3. The Morgan fingerprint density at radius 1 is 1.29 bits per heavy atom. The molecule has 0 aliphatic heterocycles. The lowest BCUT2D eigenvalue weighted by molar-refractivity contribution is 0.0850. The summed E-state index contributed by atoms with van der Waals surface area (Å²) in [5.41, 5.74) is 0. The minimum Gasteiger partial charge on any atom is -0.391 e. The Bertz CT molecular complexity index is 525. The lowest BCUT2D eigenvalue weighted by Crippen LogP contribution is -2.50. The zero-order chi connectivity index (χ0) is 15.0. The molecular weight excluding hydrogens is 270 g/mol. The van der Waals surface area contributed by atoms with Crippen LogP contribution in [-0.4, -0.2) is 44.1 Å². The van der Waals surface area contributed by atoms with Crippen molar-refractivity contribution in [1.82, 2.24) is 25.4 Å². The van der Waals surface area contributed by atoms with Gasteiger partial charge in [-0.1, -0.05) is 0 Å². The molecule has 2 aliphatic carbocycles. The quantitative estimate of drug-likeness (QED) is 0.760. The van der Waals surface area contributed by atoms with Gasteiger partial charge in [-0.2, -0.15) is 5.10 Å². The Morgan fingerprint density at radius 2 is 2.05 bits per heavy atom. The first-order chi connectivity index (χ1) is 10.0. The van der Waals surface area contributed by atoms with Crippen LogP contribution in [0.5, 0.6) is 0 Å². The number of hydrogen-bond acceptors (Lipinski definition) is 4. The third kappa shape index (κ3) is 3.34. The second-order valence-electron chi connectivity index (χ2n) is 6.22. The monoisotopic (exact) mass is 293 g/mol. The van der Waals surface area contributed by atoms with Gasteiger partial charge in [-0.15, -0.1) is 0 Å². The summed E-state index contributed by atoms with van der Waals surface area (Å²) in [7, 11) is 1.89. The highest BCUT2D eigenvalue weighted by Gasteiger charge is 2.34. The van der Waals surface area contributed by atoms with Gasteiger partial charge < -0.3 is 15.7 Å². The predicted octanol–water partition coefficient (Wildman–Crippen LogP) is 0.582. The summed E-state index contributed by atoms with van der Waals surface area (Å²) in [6, 6.07) is -0.0706. The number of aliphatic hydroxyl groups excluding tert-OH is 1. The minimum absolute atomic E-state index is 0.170. The molecule has 1 heterocycles. The van der Waals surface area contributed by atoms with Crippen molar-refractivity contribution in [3.63, 3.8) is 0 Å². The highest BCUT2D eigenvalue weighted by atomic mass is 16.3. The zero-order valence-corrected chi connectivity index (χ0v) is 12.5. The van der Waals surface area contributed by atoms with Crippen LogP contribution in [-0.2, 0) is 7.05 Å². The summed E-state index contributed by atoms with van der Waals surface area (Å²) in [5.74, 6) is 1.93. The fourth-order valence-corrected chi connectivity index (χ4v) is 3.05. The summed E-state index contributed by atoms with van der Waals surface area (Å²) >= 11 is 0. The molecule has 2 saturated carbocycles. The van der Waals surface area contributed by atoms with Gasteiger partial charge in [-0.25, -0.2) is 9.78 Å². The number of amides is 2. The maximum Gasteiger partial charge on any atom is 0.315 e. The second-order valence-corrected chi connectivity index (χ2v) is 6.22. The van der Waals surface area contributed by atoms with Crippen molar-refractivity contribution in [3.8, 4) is 0 Å². The molecule has 116 valence electrons. The van der Waals surface area contributed by atoms with Gasteiger partial charge in [-0.3, -0.25) is 4.68 Å². The van der Waals surface area contributed by atoms with Crippen molar-refractivity contribution in [2.75, 3.05) is 0 Å². The normalized spacial score (nSPS) is 29.2. The molecule has 1 aromatic rings. The topological polar surface area (TPSA) is 92.1 Å². The molecule has 21 heavy (non-hydrogen) atoms. The molecule has 2 aliphatic rings. The van der Waals surface area contributed by atoms with Crippen molar-refractivity contribution in [2.45, 2.75) is 63.1 Å². The molecule has 0 bridgehead atoms. The van der Waals surface area contributed by atoms with Gasteiger partial charge in [0.05, 0.1) is 12.1 Å². The number of nitrogens with one attached hydrogen (secondary N) is 2. The Labute approximate surface area is 124 Å². The molecular formula is C14H23N5O2. The van der Waals surface area contributed by atoms with Crippen molar-refractivity contribution in [1.29, 1.82) is 0 Å². The summed E-state index contributed by atoms with van der Waals surface area (Å²) in [4.78, 5) is 16.3. The molecule has 3 N–H and O–H groups in total. The van der Waals surface area contributed by atoms with Crippen molar-refractivity contribution in [3.05, 3.63) is 11.6 Å². The summed E-state index contributed by atoms with van der Waals surface area (Å²) < 4.78 is 1.80. The Balaban J connectivity index is 1.63. The Kier molecular flexibility index (Phi) is 3.84. The highest BCUT2D eigenvalue weighted by molar-refractivity contribution is 5.75. The number of nitrogens with zero attached hydrogens (tertiary/aromatic N) is 3. The molecule has 3 atom stereocenters. The molecule has 0 saturated heterocycles. The fourth-order valence-electron chi connectivity index (χ4n) is 3.05. The van der Waals surface area contributed by atoms with E-state index in [2.05, 4.69) is 20.7 Å². The van der Waals surface area contributed by atoms with Crippen molar-refractivity contribution >= 4 is 6.03 Å². The SMILES string of the molecule is Cc1nc([C@H]2CC[C@@H](O)[C@H](NC(=O)NC3CC3)C2)n(C)n1. The van der Waals surface area contributed by atoms with E-state index in [0.717, 1.165) is 30.9 Å².